The van der Waals surface area contributed by atoms with E-state index in [0.29, 0.717) is 37.0 Å². The number of ketones is 1. The molecule has 0 aromatic rings. The second-order valence-electron chi connectivity index (χ2n) is 10.1. The number of carbonyl (C=O) groups excluding carboxylic acids is 1. The van der Waals surface area contributed by atoms with Crippen LogP contribution in [0.15, 0.2) is 11.6 Å². The summed E-state index contributed by atoms with van der Waals surface area (Å²) >= 11 is 0. The van der Waals surface area contributed by atoms with Crippen LogP contribution in [0.5, 0.6) is 0 Å². The number of hydrogen-bond donors (Lipinski definition) is 2. The minimum absolute atomic E-state index is 0.000252. The van der Waals surface area contributed by atoms with Gasteiger partial charge in [-0.3, -0.25) is 9.35 Å². The fraction of sp³-hybridized carbons (Fsp3) is 0.857. The normalized spacial score (nSPS) is 48.2. The first-order valence-corrected chi connectivity index (χ1v) is 11.9. The van der Waals surface area contributed by atoms with Crippen LogP contribution < -0.4 is 0 Å². The SMILES string of the molecule is CC(=O)[C@@]1(O)CC[C@H]2[C@@H]3CC=C4C[C@H](OS(=O)(=O)O)CC[C@]4(C)[C@H]3CC[C@@]21C. The highest BCUT2D eigenvalue weighted by Gasteiger charge is 2.65. The largest absolute Gasteiger partial charge is 0.397 e. The van der Waals surface area contributed by atoms with Crippen molar-refractivity contribution >= 4 is 16.2 Å². The Bertz CT molecular complexity index is 819. The Morgan fingerprint density at radius 1 is 1.14 bits per heavy atom. The van der Waals surface area contributed by atoms with Crippen molar-refractivity contribution in [1.82, 2.24) is 0 Å². The summed E-state index contributed by atoms with van der Waals surface area (Å²) in [5, 5.41) is 11.2. The highest BCUT2D eigenvalue weighted by atomic mass is 32.3. The quantitative estimate of drug-likeness (QED) is 0.544. The lowest BCUT2D eigenvalue weighted by atomic mass is 9.47. The zero-order valence-corrected chi connectivity index (χ0v) is 17.8. The molecular formula is C21H32O6S. The van der Waals surface area contributed by atoms with Gasteiger partial charge in [-0.25, -0.2) is 4.18 Å². The molecule has 0 saturated heterocycles. The summed E-state index contributed by atoms with van der Waals surface area (Å²) in [6.07, 6.45) is 7.92. The molecule has 7 atom stereocenters. The van der Waals surface area contributed by atoms with Gasteiger partial charge in [0.05, 0.1) is 6.10 Å². The Morgan fingerprint density at radius 3 is 2.46 bits per heavy atom. The summed E-state index contributed by atoms with van der Waals surface area (Å²) in [4.78, 5) is 12.3. The zero-order valence-electron chi connectivity index (χ0n) is 17.0. The lowest BCUT2D eigenvalue weighted by Crippen LogP contribution is -2.57. The molecule has 28 heavy (non-hydrogen) atoms. The number of fused-ring (bicyclic) bond motifs is 5. The molecule has 0 unspecified atom stereocenters. The Hall–Kier alpha value is -0.760. The van der Waals surface area contributed by atoms with E-state index in [2.05, 4.69) is 19.9 Å². The van der Waals surface area contributed by atoms with Gasteiger partial charge in [0.15, 0.2) is 5.78 Å². The van der Waals surface area contributed by atoms with E-state index in [1.165, 1.54) is 12.5 Å². The summed E-state index contributed by atoms with van der Waals surface area (Å²) in [5.74, 6) is 1.16. The Balaban J connectivity index is 1.61. The first kappa shape index (κ1) is 20.5. The summed E-state index contributed by atoms with van der Waals surface area (Å²) in [6, 6.07) is 0. The van der Waals surface area contributed by atoms with Crippen LogP contribution >= 0.6 is 0 Å². The van der Waals surface area contributed by atoms with Gasteiger partial charge in [-0.15, -0.1) is 0 Å². The molecule has 0 aliphatic heterocycles. The number of rotatable bonds is 3. The third kappa shape index (κ3) is 2.84. The Labute approximate surface area is 167 Å². The fourth-order valence-corrected chi connectivity index (χ4v) is 7.98. The van der Waals surface area contributed by atoms with Gasteiger partial charge >= 0.3 is 10.4 Å². The minimum atomic E-state index is -4.43. The zero-order chi connectivity index (χ0) is 20.5. The smallest absolute Gasteiger partial charge is 0.382 e. The molecule has 0 aromatic carbocycles. The minimum Gasteiger partial charge on any atom is -0.382 e. The standard InChI is InChI=1S/C21H32O6S/c1-13(22)21(23)11-8-18-16-5-4-14-12-15(27-28(24,25)26)6-9-19(14,2)17(16)7-10-20(18,21)3/h4,15-18,23H,5-12H2,1-3H3,(H,24,25,26)/t15-,16-,17+,18+,19+,20+,21+/m1/s1. The maximum Gasteiger partial charge on any atom is 0.397 e. The molecule has 3 saturated carbocycles. The highest BCUT2D eigenvalue weighted by molar-refractivity contribution is 7.80. The maximum absolute atomic E-state index is 12.3. The van der Waals surface area contributed by atoms with Gasteiger partial charge < -0.3 is 5.11 Å². The lowest BCUT2D eigenvalue weighted by Gasteiger charge is -2.58. The van der Waals surface area contributed by atoms with E-state index in [-0.39, 0.29) is 16.6 Å². The van der Waals surface area contributed by atoms with Crippen molar-refractivity contribution in [1.29, 1.82) is 0 Å². The molecule has 2 N–H and O–H groups in total. The van der Waals surface area contributed by atoms with Crippen LogP contribution in [0, 0.1) is 28.6 Å². The molecule has 0 bridgehead atoms. The van der Waals surface area contributed by atoms with Gasteiger partial charge in [-0.1, -0.05) is 25.5 Å². The van der Waals surface area contributed by atoms with Crippen molar-refractivity contribution < 1.29 is 27.1 Å². The molecule has 0 heterocycles. The topological polar surface area (TPSA) is 101 Å². The van der Waals surface area contributed by atoms with Crippen LogP contribution in [0.3, 0.4) is 0 Å². The first-order chi connectivity index (χ1) is 12.9. The summed E-state index contributed by atoms with van der Waals surface area (Å²) < 4.78 is 36.1. The lowest BCUT2D eigenvalue weighted by molar-refractivity contribution is -0.159. The van der Waals surface area contributed by atoms with E-state index < -0.39 is 22.1 Å². The van der Waals surface area contributed by atoms with Crippen LogP contribution in [-0.2, 0) is 19.4 Å². The average Bonchev–Trinajstić information content (AvgIpc) is 2.87. The summed E-state index contributed by atoms with van der Waals surface area (Å²) in [6.45, 7) is 5.92. The molecule has 3 fully saturated rings. The van der Waals surface area contributed by atoms with Crippen LogP contribution in [0.2, 0.25) is 0 Å². The molecule has 0 amide bonds. The fourth-order valence-electron chi connectivity index (χ4n) is 7.48. The van der Waals surface area contributed by atoms with Crippen LogP contribution in [0.25, 0.3) is 0 Å². The molecule has 0 radical (unpaired) electrons. The van der Waals surface area contributed by atoms with Crippen LogP contribution in [-0.4, -0.2) is 35.6 Å². The molecule has 158 valence electrons. The molecule has 4 aliphatic carbocycles. The van der Waals surface area contributed by atoms with Crippen LogP contribution in [0.1, 0.15) is 72.1 Å². The van der Waals surface area contributed by atoms with E-state index in [4.69, 9.17) is 8.74 Å². The molecule has 0 spiro atoms. The highest BCUT2D eigenvalue weighted by Crippen LogP contribution is 2.67. The Morgan fingerprint density at radius 2 is 1.82 bits per heavy atom. The van der Waals surface area contributed by atoms with E-state index in [1.807, 2.05) is 0 Å². The van der Waals surface area contributed by atoms with Crippen molar-refractivity contribution in [2.75, 3.05) is 0 Å². The third-order valence-electron chi connectivity index (χ3n) is 9.05. The second kappa shape index (κ2) is 6.37. The van der Waals surface area contributed by atoms with Crippen LogP contribution in [0.4, 0.5) is 0 Å². The van der Waals surface area contributed by atoms with Gasteiger partial charge in [0.1, 0.15) is 5.60 Å². The van der Waals surface area contributed by atoms with Crippen molar-refractivity contribution in [2.24, 2.45) is 28.6 Å². The predicted molar refractivity (Wildman–Crippen MR) is 104 cm³/mol. The van der Waals surface area contributed by atoms with E-state index in [1.54, 1.807) is 0 Å². The molecule has 4 aliphatic rings. The number of aliphatic hydroxyl groups is 1. The predicted octanol–water partition coefficient (Wildman–Crippen LogP) is 3.46. The Kier molecular flexibility index (Phi) is 4.66. The van der Waals surface area contributed by atoms with E-state index >= 15 is 0 Å². The van der Waals surface area contributed by atoms with Gasteiger partial charge in [-0.05, 0) is 81.5 Å². The van der Waals surface area contributed by atoms with Gasteiger partial charge in [0.25, 0.3) is 0 Å². The summed E-state index contributed by atoms with van der Waals surface area (Å²) in [5.41, 5.74) is -0.307. The van der Waals surface area contributed by atoms with Crippen molar-refractivity contribution in [3.8, 4) is 0 Å². The van der Waals surface area contributed by atoms with E-state index in [9.17, 15) is 18.3 Å². The number of Topliss-reactive ketones (excluding diaryl/α,β-unsaturated/α-hetero) is 1. The third-order valence-corrected chi connectivity index (χ3v) is 9.57. The molecule has 4 rings (SSSR count). The monoisotopic (exact) mass is 412 g/mol. The van der Waals surface area contributed by atoms with Crippen molar-refractivity contribution in [3.05, 3.63) is 11.6 Å². The molecule has 6 nitrogen and oxygen atoms in total. The van der Waals surface area contributed by atoms with Crippen molar-refractivity contribution in [3.63, 3.8) is 0 Å². The number of hydrogen-bond acceptors (Lipinski definition) is 5. The number of allylic oxidation sites excluding steroid dienone is 1. The average molecular weight is 413 g/mol. The molecular weight excluding hydrogens is 380 g/mol. The van der Waals surface area contributed by atoms with E-state index in [0.717, 1.165) is 32.1 Å². The number of carbonyl (C=O) groups is 1. The molecule has 0 aromatic heterocycles. The van der Waals surface area contributed by atoms with Gasteiger partial charge in [0, 0.05) is 5.41 Å². The summed E-state index contributed by atoms with van der Waals surface area (Å²) in [7, 11) is -4.43. The van der Waals surface area contributed by atoms with Gasteiger partial charge in [-0.2, -0.15) is 8.42 Å². The molecule has 7 heteroatoms. The first-order valence-electron chi connectivity index (χ1n) is 10.5. The van der Waals surface area contributed by atoms with Gasteiger partial charge in [0.2, 0.25) is 0 Å². The maximum atomic E-state index is 12.3. The van der Waals surface area contributed by atoms with Crippen molar-refractivity contribution in [2.45, 2.75) is 83.8 Å². The second-order valence-corrected chi connectivity index (χ2v) is 11.1.